The summed E-state index contributed by atoms with van der Waals surface area (Å²) < 4.78 is 26.1. The van der Waals surface area contributed by atoms with Gasteiger partial charge >= 0.3 is 0 Å². The Labute approximate surface area is 151 Å². The van der Waals surface area contributed by atoms with Crippen LogP contribution < -0.4 is 5.32 Å². The third-order valence-corrected chi connectivity index (χ3v) is 4.43. The van der Waals surface area contributed by atoms with E-state index in [2.05, 4.69) is 10.3 Å². The van der Waals surface area contributed by atoms with Crippen LogP contribution in [0.5, 0.6) is 0 Å². The van der Waals surface area contributed by atoms with E-state index in [0.29, 0.717) is 15.7 Å². The highest BCUT2D eigenvalue weighted by Gasteiger charge is 2.09. The molecule has 1 aromatic heterocycles. The van der Waals surface area contributed by atoms with Crippen LogP contribution in [0.15, 0.2) is 54.0 Å². The summed E-state index contributed by atoms with van der Waals surface area (Å²) >= 11 is 7.18. The van der Waals surface area contributed by atoms with Crippen LogP contribution in [0, 0.1) is 23.0 Å². The number of nitrogens with zero attached hydrogens (tertiary/aromatic N) is 2. The first-order chi connectivity index (χ1) is 12.1. The van der Waals surface area contributed by atoms with Gasteiger partial charge in [-0.3, -0.25) is 0 Å². The first-order valence-electron chi connectivity index (χ1n) is 7.10. The number of aromatic nitrogens is 1. The lowest BCUT2D eigenvalue weighted by Crippen LogP contribution is -1.93. The van der Waals surface area contributed by atoms with Crippen molar-refractivity contribution in [2.24, 2.45) is 0 Å². The molecule has 3 nitrogen and oxygen atoms in total. The van der Waals surface area contributed by atoms with E-state index in [1.807, 2.05) is 23.6 Å². The minimum atomic E-state index is -0.962. The standard InChI is InChI=1S/C18H10ClF2N3S/c19-13-3-1-11(2-4-13)17-10-25-18(24-17)12(8-22)9-23-14-5-6-15(20)16(21)7-14/h1-7,9-10,23H. The number of thiazole rings is 1. The van der Waals surface area contributed by atoms with E-state index in [-0.39, 0.29) is 5.57 Å². The minimum Gasteiger partial charge on any atom is -0.360 e. The Kier molecular flexibility index (Phi) is 5.08. The molecule has 0 aliphatic carbocycles. The summed E-state index contributed by atoms with van der Waals surface area (Å²) in [5, 5.41) is 15.1. The summed E-state index contributed by atoms with van der Waals surface area (Å²) in [6.07, 6.45) is 1.41. The molecule has 0 saturated heterocycles. The summed E-state index contributed by atoms with van der Waals surface area (Å²) in [6.45, 7) is 0. The Morgan fingerprint density at radius 3 is 2.60 bits per heavy atom. The van der Waals surface area contributed by atoms with Crippen LogP contribution in [0.4, 0.5) is 14.5 Å². The van der Waals surface area contributed by atoms with Crippen molar-refractivity contribution in [3.05, 3.63) is 75.7 Å². The summed E-state index contributed by atoms with van der Waals surface area (Å²) in [5.41, 5.74) is 2.24. The van der Waals surface area contributed by atoms with Gasteiger partial charge in [0.25, 0.3) is 0 Å². The first-order valence-corrected chi connectivity index (χ1v) is 8.36. The number of nitrogens with one attached hydrogen (secondary N) is 1. The highest BCUT2D eigenvalue weighted by Crippen LogP contribution is 2.27. The van der Waals surface area contributed by atoms with Gasteiger partial charge in [0, 0.05) is 33.9 Å². The second-order valence-electron chi connectivity index (χ2n) is 4.99. The van der Waals surface area contributed by atoms with Gasteiger partial charge in [-0.2, -0.15) is 5.26 Å². The molecule has 0 spiro atoms. The third kappa shape index (κ3) is 4.02. The minimum absolute atomic E-state index is 0.287. The molecule has 0 saturated carbocycles. The molecule has 1 heterocycles. The zero-order valence-corrected chi connectivity index (χ0v) is 14.2. The number of hydrogen-bond acceptors (Lipinski definition) is 4. The summed E-state index contributed by atoms with van der Waals surface area (Å²) in [7, 11) is 0. The van der Waals surface area contributed by atoms with Crippen molar-refractivity contribution in [2.45, 2.75) is 0 Å². The summed E-state index contributed by atoms with van der Waals surface area (Å²) in [5.74, 6) is -1.89. The summed E-state index contributed by atoms with van der Waals surface area (Å²) in [4.78, 5) is 4.44. The fraction of sp³-hybridized carbons (Fsp3) is 0. The van der Waals surface area contributed by atoms with Gasteiger partial charge in [0.2, 0.25) is 0 Å². The topological polar surface area (TPSA) is 48.7 Å². The number of benzene rings is 2. The molecule has 0 amide bonds. The SMILES string of the molecule is N#CC(=CNc1ccc(F)c(F)c1)c1nc(-c2ccc(Cl)cc2)cs1. The maximum atomic E-state index is 13.2. The van der Waals surface area contributed by atoms with Crippen molar-refractivity contribution in [2.75, 3.05) is 5.32 Å². The average Bonchev–Trinajstić information content (AvgIpc) is 3.09. The predicted octanol–water partition coefficient (Wildman–Crippen LogP) is 5.72. The average molecular weight is 374 g/mol. The van der Waals surface area contributed by atoms with E-state index in [1.165, 1.54) is 23.6 Å². The number of rotatable bonds is 4. The van der Waals surface area contributed by atoms with Crippen LogP contribution in [-0.4, -0.2) is 4.98 Å². The van der Waals surface area contributed by atoms with Gasteiger partial charge in [0.15, 0.2) is 11.6 Å². The quantitative estimate of drug-likeness (QED) is 0.595. The van der Waals surface area contributed by atoms with Gasteiger partial charge in [0.1, 0.15) is 16.6 Å². The van der Waals surface area contributed by atoms with Crippen molar-refractivity contribution >= 4 is 34.2 Å². The van der Waals surface area contributed by atoms with Crippen molar-refractivity contribution < 1.29 is 8.78 Å². The molecule has 124 valence electrons. The zero-order chi connectivity index (χ0) is 17.8. The van der Waals surface area contributed by atoms with E-state index in [9.17, 15) is 14.0 Å². The Balaban J connectivity index is 1.82. The molecule has 3 aromatic rings. The molecule has 0 unspecified atom stereocenters. The number of allylic oxidation sites excluding steroid dienone is 1. The Bertz CT molecular complexity index is 975. The number of anilines is 1. The van der Waals surface area contributed by atoms with E-state index >= 15 is 0 Å². The Morgan fingerprint density at radius 1 is 1.16 bits per heavy atom. The van der Waals surface area contributed by atoms with Crippen LogP contribution in [-0.2, 0) is 0 Å². The highest BCUT2D eigenvalue weighted by atomic mass is 35.5. The van der Waals surface area contributed by atoms with Crippen LogP contribution >= 0.6 is 22.9 Å². The first kappa shape index (κ1) is 17.1. The van der Waals surface area contributed by atoms with E-state index in [4.69, 9.17) is 11.6 Å². The van der Waals surface area contributed by atoms with Gasteiger partial charge in [-0.25, -0.2) is 13.8 Å². The lowest BCUT2D eigenvalue weighted by atomic mass is 10.2. The highest BCUT2D eigenvalue weighted by molar-refractivity contribution is 7.11. The Morgan fingerprint density at radius 2 is 1.92 bits per heavy atom. The molecular formula is C18H10ClF2N3S. The van der Waals surface area contributed by atoms with Crippen molar-refractivity contribution in [1.82, 2.24) is 4.98 Å². The maximum Gasteiger partial charge on any atom is 0.160 e. The molecular weight excluding hydrogens is 364 g/mol. The third-order valence-electron chi connectivity index (χ3n) is 3.30. The van der Waals surface area contributed by atoms with E-state index in [0.717, 1.165) is 23.4 Å². The van der Waals surface area contributed by atoms with Gasteiger partial charge in [0.05, 0.1) is 5.69 Å². The lowest BCUT2D eigenvalue weighted by Gasteiger charge is -2.02. The van der Waals surface area contributed by atoms with Gasteiger partial charge in [-0.15, -0.1) is 11.3 Å². The van der Waals surface area contributed by atoms with Gasteiger partial charge in [-0.05, 0) is 24.3 Å². The van der Waals surface area contributed by atoms with Gasteiger partial charge in [-0.1, -0.05) is 23.7 Å². The number of nitriles is 1. The summed E-state index contributed by atoms with van der Waals surface area (Å²) in [6, 6.07) is 12.7. The fourth-order valence-electron chi connectivity index (χ4n) is 2.03. The second kappa shape index (κ2) is 7.43. The number of halogens is 3. The van der Waals surface area contributed by atoms with Crippen molar-refractivity contribution in [3.63, 3.8) is 0 Å². The molecule has 25 heavy (non-hydrogen) atoms. The van der Waals surface area contributed by atoms with Crippen LogP contribution in [0.25, 0.3) is 16.8 Å². The van der Waals surface area contributed by atoms with E-state index < -0.39 is 11.6 Å². The maximum absolute atomic E-state index is 13.2. The molecule has 0 fully saturated rings. The van der Waals surface area contributed by atoms with Crippen LogP contribution in [0.2, 0.25) is 5.02 Å². The molecule has 1 N–H and O–H groups in total. The van der Waals surface area contributed by atoms with Crippen molar-refractivity contribution in [1.29, 1.82) is 5.26 Å². The molecule has 7 heteroatoms. The largest absolute Gasteiger partial charge is 0.360 e. The van der Waals surface area contributed by atoms with Gasteiger partial charge < -0.3 is 5.32 Å². The monoisotopic (exact) mass is 373 g/mol. The smallest absolute Gasteiger partial charge is 0.160 e. The normalized spacial score (nSPS) is 11.2. The van der Waals surface area contributed by atoms with E-state index in [1.54, 1.807) is 12.1 Å². The Hall–Kier alpha value is -2.75. The molecule has 0 aliphatic heterocycles. The number of hydrogen-bond donors (Lipinski definition) is 1. The van der Waals surface area contributed by atoms with Crippen LogP contribution in [0.1, 0.15) is 5.01 Å². The molecule has 3 rings (SSSR count). The molecule has 0 radical (unpaired) electrons. The molecule has 0 atom stereocenters. The second-order valence-corrected chi connectivity index (χ2v) is 6.28. The lowest BCUT2D eigenvalue weighted by molar-refractivity contribution is 0.509. The molecule has 0 aliphatic rings. The molecule has 2 aromatic carbocycles. The predicted molar refractivity (Wildman–Crippen MR) is 96.1 cm³/mol. The fourth-order valence-corrected chi connectivity index (χ4v) is 2.95. The van der Waals surface area contributed by atoms with Crippen LogP contribution in [0.3, 0.4) is 0 Å². The van der Waals surface area contributed by atoms with Crippen molar-refractivity contribution in [3.8, 4) is 17.3 Å². The molecule has 0 bridgehead atoms. The zero-order valence-electron chi connectivity index (χ0n) is 12.6.